The Kier molecular flexibility index (Phi) is 3.19. The highest BCUT2D eigenvalue weighted by Gasteiger charge is 2.29. The third-order valence-corrected chi connectivity index (χ3v) is 3.99. The molecular formula is C14H19N5. The van der Waals surface area contributed by atoms with Crippen molar-refractivity contribution < 1.29 is 0 Å². The first kappa shape index (κ1) is 12.1. The summed E-state index contributed by atoms with van der Waals surface area (Å²) in [7, 11) is 0. The molecule has 2 aliphatic rings. The van der Waals surface area contributed by atoms with E-state index >= 15 is 0 Å². The number of hydrogen-bond acceptors (Lipinski definition) is 4. The van der Waals surface area contributed by atoms with Gasteiger partial charge in [0.15, 0.2) is 5.82 Å². The normalized spacial score (nSPS) is 28.2. The Morgan fingerprint density at radius 1 is 1.37 bits per heavy atom. The van der Waals surface area contributed by atoms with Gasteiger partial charge in [-0.1, -0.05) is 19.9 Å². The van der Waals surface area contributed by atoms with Crippen molar-refractivity contribution >= 4 is 6.21 Å². The van der Waals surface area contributed by atoms with Crippen molar-refractivity contribution in [3.8, 4) is 0 Å². The number of nitrogens with zero attached hydrogens (tertiary/aromatic N) is 4. The fourth-order valence-electron chi connectivity index (χ4n) is 2.90. The number of hydrogen-bond donors (Lipinski definition) is 1. The number of rotatable bonds is 1. The summed E-state index contributed by atoms with van der Waals surface area (Å²) in [4.78, 5) is 4.24. The molecule has 1 aliphatic carbocycles. The molecule has 0 unspecified atom stereocenters. The standard InChI is InChI=1S/C14H19N5/c1-10-5-3-6-12(10)14-18-17-13-9-16-11(2)15-7-4-8-19(13)14/h4,7,9-10,12,15H,2-3,5-6,8H2,1H3/b7-4-,16-9?/t10-,12+/m1/s1. The van der Waals surface area contributed by atoms with Crippen LogP contribution in [0.15, 0.2) is 29.7 Å². The van der Waals surface area contributed by atoms with Gasteiger partial charge in [-0.15, -0.1) is 10.2 Å². The highest BCUT2D eigenvalue weighted by molar-refractivity contribution is 5.75. The maximum absolute atomic E-state index is 4.41. The second-order valence-corrected chi connectivity index (χ2v) is 5.29. The Hall–Kier alpha value is -1.91. The lowest BCUT2D eigenvalue weighted by Crippen LogP contribution is -2.12. The minimum Gasteiger partial charge on any atom is -0.347 e. The van der Waals surface area contributed by atoms with Crippen LogP contribution in [0.5, 0.6) is 0 Å². The number of allylic oxidation sites excluding steroid dienone is 1. The molecule has 100 valence electrons. The van der Waals surface area contributed by atoms with E-state index in [0.717, 1.165) is 18.2 Å². The Bertz CT molecular complexity index is 540. The minimum atomic E-state index is 0.528. The molecular weight excluding hydrogens is 238 g/mol. The molecule has 0 radical (unpaired) electrons. The third kappa shape index (κ3) is 2.32. The minimum absolute atomic E-state index is 0.528. The van der Waals surface area contributed by atoms with Gasteiger partial charge in [0.05, 0.1) is 6.21 Å². The molecule has 1 aromatic heterocycles. The third-order valence-electron chi connectivity index (χ3n) is 3.99. The fourth-order valence-corrected chi connectivity index (χ4v) is 2.90. The molecule has 0 spiro atoms. The van der Waals surface area contributed by atoms with E-state index in [2.05, 4.69) is 44.7 Å². The second kappa shape index (κ2) is 4.99. The molecule has 0 saturated heterocycles. The van der Waals surface area contributed by atoms with E-state index in [9.17, 15) is 0 Å². The predicted octanol–water partition coefficient (Wildman–Crippen LogP) is 2.19. The van der Waals surface area contributed by atoms with E-state index in [0.29, 0.717) is 17.7 Å². The highest BCUT2D eigenvalue weighted by atomic mass is 15.3. The molecule has 1 N–H and O–H groups in total. The fraction of sp³-hybridized carbons (Fsp3) is 0.500. The monoisotopic (exact) mass is 257 g/mol. The quantitative estimate of drug-likeness (QED) is 0.839. The van der Waals surface area contributed by atoms with Gasteiger partial charge < -0.3 is 9.88 Å². The molecule has 5 nitrogen and oxygen atoms in total. The van der Waals surface area contributed by atoms with Crippen molar-refractivity contribution in [3.63, 3.8) is 0 Å². The van der Waals surface area contributed by atoms with Crippen molar-refractivity contribution in [2.75, 3.05) is 0 Å². The number of aliphatic imine (C=N–C) groups is 1. The number of nitrogens with one attached hydrogen (secondary N) is 1. The molecule has 1 fully saturated rings. The van der Waals surface area contributed by atoms with Crippen LogP contribution < -0.4 is 5.32 Å². The van der Waals surface area contributed by atoms with Crippen molar-refractivity contribution in [1.82, 2.24) is 20.1 Å². The Morgan fingerprint density at radius 3 is 3.05 bits per heavy atom. The first-order valence-electron chi connectivity index (χ1n) is 6.83. The zero-order chi connectivity index (χ0) is 13.2. The van der Waals surface area contributed by atoms with Crippen molar-refractivity contribution in [1.29, 1.82) is 0 Å². The molecule has 1 aliphatic heterocycles. The number of aromatic nitrogens is 3. The van der Waals surface area contributed by atoms with Crippen LogP contribution in [0.25, 0.3) is 0 Å². The summed E-state index contributed by atoms with van der Waals surface area (Å²) in [6.07, 6.45) is 9.45. The zero-order valence-electron chi connectivity index (χ0n) is 11.2. The molecule has 5 heteroatoms. The maximum Gasteiger partial charge on any atom is 0.175 e. The van der Waals surface area contributed by atoms with E-state index in [4.69, 9.17) is 0 Å². The topological polar surface area (TPSA) is 55.1 Å². The van der Waals surface area contributed by atoms with Crippen molar-refractivity contribution in [3.05, 3.63) is 36.3 Å². The van der Waals surface area contributed by atoms with Gasteiger partial charge in [-0.3, -0.25) is 0 Å². The lowest BCUT2D eigenvalue weighted by molar-refractivity contribution is 0.490. The summed E-state index contributed by atoms with van der Waals surface area (Å²) >= 11 is 0. The van der Waals surface area contributed by atoms with Gasteiger partial charge in [0.1, 0.15) is 11.6 Å². The van der Waals surface area contributed by atoms with E-state index < -0.39 is 0 Å². The van der Waals surface area contributed by atoms with Gasteiger partial charge in [0.2, 0.25) is 0 Å². The molecule has 19 heavy (non-hydrogen) atoms. The van der Waals surface area contributed by atoms with Crippen LogP contribution in [-0.4, -0.2) is 21.0 Å². The Balaban J connectivity index is 1.98. The van der Waals surface area contributed by atoms with Crippen LogP contribution in [0.4, 0.5) is 0 Å². The van der Waals surface area contributed by atoms with Crippen LogP contribution in [0.2, 0.25) is 0 Å². The smallest absolute Gasteiger partial charge is 0.175 e. The van der Waals surface area contributed by atoms with Crippen LogP contribution in [0, 0.1) is 5.92 Å². The van der Waals surface area contributed by atoms with E-state index in [-0.39, 0.29) is 0 Å². The van der Waals surface area contributed by atoms with Gasteiger partial charge in [0.25, 0.3) is 0 Å². The highest BCUT2D eigenvalue weighted by Crippen LogP contribution is 2.38. The summed E-state index contributed by atoms with van der Waals surface area (Å²) in [5.74, 6) is 3.74. The van der Waals surface area contributed by atoms with E-state index in [1.54, 1.807) is 6.21 Å². The first-order valence-corrected chi connectivity index (χ1v) is 6.83. The van der Waals surface area contributed by atoms with Crippen LogP contribution in [-0.2, 0) is 6.54 Å². The average Bonchev–Trinajstić information content (AvgIpc) is 2.98. The van der Waals surface area contributed by atoms with Crippen LogP contribution >= 0.6 is 0 Å². The molecule has 2 heterocycles. The number of fused-ring (bicyclic) bond motifs is 1. The van der Waals surface area contributed by atoms with Crippen LogP contribution in [0.1, 0.15) is 43.8 Å². The van der Waals surface area contributed by atoms with Crippen LogP contribution in [0.3, 0.4) is 0 Å². The largest absolute Gasteiger partial charge is 0.347 e. The molecule has 1 saturated carbocycles. The predicted molar refractivity (Wildman–Crippen MR) is 74.8 cm³/mol. The Morgan fingerprint density at radius 2 is 2.26 bits per heavy atom. The zero-order valence-corrected chi connectivity index (χ0v) is 11.2. The van der Waals surface area contributed by atoms with Crippen molar-refractivity contribution in [2.24, 2.45) is 10.9 Å². The summed E-state index contributed by atoms with van der Waals surface area (Å²) < 4.78 is 2.16. The molecule has 0 bridgehead atoms. The Labute approximate surface area is 113 Å². The average molecular weight is 257 g/mol. The lowest BCUT2D eigenvalue weighted by atomic mass is 9.97. The first-order chi connectivity index (χ1) is 9.25. The molecule has 1 aromatic rings. The van der Waals surface area contributed by atoms with Gasteiger partial charge in [-0.05, 0) is 24.8 Å². The summed E-state index contributed by atoms with van der Waals surface area (Å²) in [6, 6.07) is 0. The van der Waals surface area contributed by atoms with Gasteiger partial charge in [-0.25, -0.2) is 4.99 Å². The SMILES string of the molecule is C=C1N=Cc2nnc([C@H]3CCC[C@H]3C)n2C/C=C\N1. The van der Waals surface area contributed by atoms with Gasteiger partial charge in [-0.2, -0.15) is 0 Å². The van der Waals surface area contributed by atoms with Gasteiger partial charge in [0, 0.05) is 18.7 Å². The van der Waals surface area contributed by atoms with E-state index in [1.807, 2.05) is 6.20 Å². The second-order valence-electron chi connectivity index (χ2n) is 5.29. The van der Waals surface area contributed by atoms with Gasteiger partial charge >= 0.3 is 0 Å². The molecule has 2 atom stereocenters. The lowest BCUT2D eigenvalue weighted by Gasteiger charge is -2.15. The molecule has 3 rings (SSSR count). The summed E-state index contributed by atoms with van der Waals surface area (Å²) in [6.45, 7) is 6.89. The van der Waals surface area contributed by atoms with Crippen molar-refractivity contribution in [2.45, 2.75) is 38.6 Å². The molecule has 0 amide bonds. The summed E-state index contributed by atoms with van der Waals surface area (Å²) in [5, 5.41) is 11.7. The summed E-state index contributed by atoms with van der Waals surface area (Å²) in [5.41, 5.74) is 0. The molecule has 0 aromatic carbocycles. The van der Waals surface area contributed by atoms with E-state index in [1.165, 1.54) is 19.3 Å². The maximum atomic E-state index is 4.41.